The maximum atomic E-state index is 12.3. The van der Waals surface area contributed by atoms with Crippen LogP contribution in [-0.2, 0) is 0 Å². The van der Waals surface area contributed by atoms with Gasteiger partial charge in [0.15, 0.2) is 0 Å². The highest BCUT2D eigenvalue weighted by Gasteiger charge is 2.31. The highest BCUT2D eigenvalue weighted by atomic mass is 127. The number of alkyl halides is 3. The zero-order chi connectivity index (χ0) is 17.3. The van der Waals surface area contributed by atoms with E-state index in [2.05, 4.69) is 42.6 Å². The number of hydrogen-bond donors (Lipinski definition) is 1. The number of rotatable bonds is 3. The van der Waals surface area contributed by atoms with Crippen LogP contribution in [0.15, 0.2) is 42.7 Å². The van der Waals surface area contributed by atoms with Gasteiger partial charge >= 0.3 is 6.36 Å². The summed E-state index contributed by atoms with van der Waals surface area (Å²) in [5.74, 6) is 0.221. The van der Waals surface area contributed by atoms with Crippen LogP contribution in [0.25, 0.3) is 10.9 Å². The van der Waals surface area contributed by atoms with E-state index in [9.17, 15) is 13.2 Å². The molecule has 0 saturated carbocycles. The smallest absolute Gasteiger partial charge is 0.406 e. The first-order valence-electron chi connectivity index (χ1n) is 6.86. The van der Waals surface area contributed by atoms with Crippen molar-refractivity contribution in [3.8, 4) is 5.75 Å². The average Bonchev–Trinajstić information content (AvgIpc) is 2.50. The lowest BCUT2D eigenvalue weighted by Crippen LogP contribution is -2.17. The van der Waals surface area contributed by atoms with Crippen molar-refractivity contribution in [2.24, 2.45) is 0 Å². The van der Waals surface area contributed by atoms with Gasteiger partial charge in [-0.3, -0.25) is 0 Å². The van der Waals surface area contributed by atoms with Crippen LogP contribution in [0.1, 0.15) is 5.56 Å². The molecule has 0 radical (unpaired) electrons. The molecule has 0 unspecified atom stereocenters. The third-order valence-electron chi connectivity index (χ3n) is 3.27. The molecule has 1 N–H and O–H groups in total. The molecule has 8 heteroatoms. The summed E-state index contributed by atoms with van der Waals surface area (Å²) < 4.78 is 41.9. The molecule has 0 bridgehead atoms. The molecule has 3 rings (SSSR count). The molecule has 0 atom stereocenters. The first-order chi connectivity index (χ1) is 11.3. The molecule has 0 aliphatic carbocycles. The third-order valence-corrected chi connectivity index (χ3v) is 4.63. The summed E-state index contributed by atoms with van der Waals surface area (Å²) in [6, 6.07) is 9.44. The van der Waals surface area contributed by atoms with Crippen LogP contribution in [0.2, 0.25) is 0 Å². The maximum Gasteiger partial charge on any atom is 0.573 e. The van der Waals surface area contributed by atoms with Crippen LogP contribution < -0.4 is 10.1 Å². The second kappa shape index (κ2) is 6.42. The van der Waals surface area contributed by atoms with Gasteiger partial charge in [0.25, 0.3) is 0 Å². The Bertz CT molecular complexity index is 899. The van der Waals surface area contributed by atoms with Gasteiger partial charge in [0.2, 0.25) is 0 Å². The quantitative estimate of drug-likeness (QED) is 0.565. The molecule has 1 aromatic heterocycles. The standard InChI is InChI=1S/C16H11F3IN3O/c1-9-5-6-12-14(13(9)20)21-8-22-15(12)23-10-3-2-4-11(7-10)24-16(17,18)19/h2-8H,1H3,(H,21,22,23). The summed E-state index contributed by atoms with van der Waals surface area (Å²) in [5, 5.41) is 3.80. The molecular weight excluding hydrogens is 434 g/mol. The molecule has 0 aliphatic rings. The van der Waals surface area contributed by atoms with E-state index in [4.69, 9.17) is 0 Å². The molecule has 0 fully saturated rings. The number of benzene rings is 2. The average molecular weight is 445 g/mol. The Kier molecular flexibility index (Phi) is 4.48. The van der Waals surface area contributed by atoms with Crippen molar-refractivity contribution in [3.05, 3.63) is 51.9 Å². The number of anilines is 2. The summed E-state index contributed by atoms with van der Waals surface area (Å²) in [4.78, 5) is 8.47. The fourth-order valence-corrected chi connectivity index (χ4v) is 2.81. The number of nitrogens with one attached hydrogen (secondary N) is 1. The Balaban J connectivity index is 1.96. The van der Waals surface area contributed by atoms with E-state index in [1.165, 1.54) is 24.5 Å². The number of fused-ring (bicyclic) bond motifs is 1. The maximum absolute atomic E-state index is 12.3. The van der Waals surface area contributed by atoms with E-state index in [1.54, 1.807) is 6.07 Å². The number of nitrogens with zero attached hydrogens (tertiary/aromatic N) is 2. The van der Waals surface area contributed by atoms with Crippen LogP contribution in [-0.4, -0.2) is 16.3 Å². The minimum absolute atomic E-state index is 0.295. The molecule has 124 valence electrons. The van der Waals surface area contributed by atoms with Crippen LogP contribution >= 0.6 is 22.6 Å². The largest absolute Gasteiger partial charge is 0.573 e. The number of halogens is 4. The van der Waals surface area contributed by atoms with Crippen molar-refractivity contribution in [3.63, 3.8) is 0 Å². The summed E-state index contributed by atoms with van der Waals surface area (Å²) >= 11 is 2.21. The molecule has 24 heavy (non-hydrogen) atoms. The highest BCUT2D eigenvalue weighted by molar-refractivity contribution is 14.1. The third kappa shape index (κ3) is 3.69. The van der Waals surface area contributed by atoms with Gasteiger partial charge in [-0.05, 0) is 53.3 Å². The molecule has 0 amide bonds. The number of ether oxygens (including phenoxy) is 1. The molecule has 0 aliphatic heterocycles. The monoisotopic (exact) mass is 445 g/mol. The van der Waals surface area contributed by atoms with E-state index in [0.717, 1.165) is 20.0 Å². The molecule has 0 saturated heterocycles. The lowest BCUT2D eigenvalue weighted by atomic mass is 10.1. The summed E-state index contributed by atoms with van der Waals surface area (Å²) in [5.41, 5.74) is 2.32. The Morgan fingerprint density at radius 3 is 2.67 bits per heavy atom. The van der Waals surface area contributed by atoms with Crippen molar-refractivity contribution >= 4 is 45.0 Å². The minimum Gasteiger partial charge on any atom is -0.406 e. The highest BCUT2D eigenvalue weighted by Crippen LogP contribution is 2.30. The van der Waals surface area contributed by atoms with Crippen LogP contribution in [0.3, 0.4) is 0 Å². The Hall–Kier alpha value is -2.10. The molecule has 1 heterocycles. The van der Waals surface area contributed by atoms with Crippen molar-refractivity contribution in [2.75, 3.05) is 5.32 Å². The topological polar surface area (TPSA) is 47.0 Å². The second-order valence-corrected chi connectivity index (χ2v) is 6.09. The summed E-state index contributed by atoms with van der Waals surface area (Å²) in [6.45, 7) is 1.98. The van der Waals surface area contributed by atoms with Crippen molar-refractivity contribution < 1.29 is 17.9 Å². The van der Waals surface area contributed by atoms with E-state index < -0.39 is 6.36 Å². The Morgan fingerprint density at radius 1 is 1.12 bits per heavy atom. The van der Waals surface area contributed by atoms with Gasteiger partial charge in [-0.25, -0.2) is 9.97 Å². The van der Waals surface area contributed by atoms with E-state index >= 15 is 0 Å². The number of hydrogen-bond acceptors (Lipinski definition) is 4. The van der Waals surface area contributed by atoms with Gasteiger partial charge in [-0.15, -0.1) is 13.2 Å². The predicted molar refractivity (Wildman–Crippen MR) is 93.4 cm³/mol. The van der Waals surface area contributed by atoms with Gasteiger partial charge in [0.05, 0.1) is 5.52 Å². The second-order valence-electron chi connectivity index (χ2n) is 5.02. The van der Waals surface area contributed by atoms with E-state index in [1.807, 2.05) is 19.1 Å². The van der Waals surface area contributed by atoms with Crippen molar-refractivity contribution in [2.45, 2.75) is 13.3 Å². The minimum atomic E-state index is -4.73. The predicted octanol–water partition coefficient (Wildman–Crippen LogP) is 5.19. The van der Waals surface area contributed by atoms with Gasteiger partial charge < -0.3 is 10.1 Å². The molecule has 3 aromatic rings. The van der Waals surface area contributed by atoms with Crippen LogP contribution in [0.5, 0.6) is 5.75 Å². The number of aromatic nitrogens is 2. The van der Waals surface area contributed by atoms with Crippen LogP contribution in [0, 0.1) is 10.5 Å². The van der Waals surface area contributed by atoms with Gasteiger partial charge in [0, 0.05) is 20.7 Å². The van der Waals surface area contributed by atoms with Crippen molar-refractivity contribution in [1.82, 2.24) is 9.97 Å². The zero-order valence-electron chi connectivity index (χ0n) is 12.4. The fraction of sp³-hybridized carbons (Fsp3) is 0.125. The van der Waals surface area contributed by atoms with Crippen LogP contribution in [0.4, 0.5) is 24.7 Å². The SMILES string of the molecule is Cc1ccc2c(Nc3cccc(OC(F)(F)F)c3)ncnc2c1I. The van der Waals surface area contributed by atoms with E-state index in [0.29, 0.717) is 11.5 Å². The van der Waals surface area contributed by atoms with E-state index in [-0.39, 0.29) is 5.75 Å². The Morgan fingerprint density at radius 2 is 1.92 bits per heavy atom. The fourth-order valence-electron chi connectivity index (χ4n) is 2.20. The first-order valence-corrected chi connectivity index (χ1v) is 7.94. The first kappa shape index (κ1) is 16.7. The van der Waals surface area contributed by atoms with Gasteiger partial charge in [-0.1, -0.05) is 12.1 Å². The number of aryl methyl sites for hydroxylation is 1. The molecule has 0 spiro atoms. The lowest BCUT2D eigenvalue weighted by molar-refractivity contribution is -0.274. The molecule has 2 aromatic carbocycles. The normalized spacial score (nSPS) is 11.5. The van der Waals surface area contributed by atoms with Gasteiger partial charge in [0.1, 0.15) is 17.9 Å². The van der Waals surface area contributed by atoms with Gasteiger partial charge in [-0.2, -0.15) is 0 Å². The van der Waals surface area contributed by atoms with Crippen molar-refractivity contribution in [1.29, 1.82) is 0 Å². The zero-order valence-corrected chi connectivity index (χ0v) is 14.5. The lowest BCUT2D eigenvalue weighted by Gasteiger charge is -2.12. The summed E-state index contributed by atoms with van der Waals surface area (Å²) in [7, 11) is 0. The Labute approximate surface area is 149 Å². The molecule has 4 nitrogen and oxygen atoms in total. The molecular formula is C16H11F3IN3O. The summed E-state index contributed by atoms with van der Waals surface area (Å²) in [6.07, 6.45) is -3.31.